The average molecular weight is 220 g/mol. The Balaban J connectivity index is 2.20. The van der Waals surface area contributed by atoms with Gasteiger partial charge in [0, 0.05) is 19.0 Å². The van der Waals surface area contributed by atoms with E-state index in [1.54, 1.807) is 0 Å². The number of hydrogen-bond acceptors (Lipinski definition) is 2. The van der Waals surface area contributed by atoms with Gasteiger partial charge in [0.05, 0.1) is 0 Å². The van der Waals surface area contributed by atoms with Crippen LogP contribution in [0.3, 0.4) is 0 Å². The lowest BCUT2D eigenvalue weighted by atomic mass is 10.1. The van der Waals surface area contributed by atoms with Gasteiger partial charge in [-0.3, -0.25) is 4.79 Å². The van der Waals surface area contributed by atoms with Gasteiger partial charge in [-0.1, -0.05) is 30.3 Å². The highest BCUT2D eigenvalue weighted by molar-refractivity contribution is 5.76. The Labute approximate surface area is 97.2 Å². The predicted molar refractivity (Wildman–Crippen MR) is 66.3 cm³/mol. The van der Waals surface area contributed by atoms with Crippen LogP contribution in [0.25, 0.3) is 0 Å². The molecule has 1 amide bonds. The molecule has 0 aromatic heterocycles. The number of amides is 1. The van der Waals surface area contributed by atoms with E-state index in [-0.39, 0.29) is 5.91 Å². The van der Waals surface area contributed by atoms with Gasteiger partial charge in [-0.25, -0.2) is 0 Å². The van der Waals surface area contributed by atoms with E-state index in [1.165, 1.54) is 5.56 Å². The molecule has 1 aromatic carbocycles. The van der Waals surface area contributed by atoms with E-state index in [1.807, 2.05) is 44.3 Å². The first-order chi connectivity index (χ1) is 7.72. The van der Waals surface area contributed by atoms with Crippen molar-refractivity contribution in [2.24, 2.45) is 0 Å². The van der Waals surface area contributed by atoms with Crippen LogP contribution in [0.1, 0.15) is 18.9 Å². The van der Waals surface area contributed by atoms with Gasteiger partial charge in [0.15, 0.2) is 0 Å². The number of hydrogen-bond donors (Lipinski definition) is 2. The van der Waals surface area contributed by atoms with Crippen LogP contribution < -0.4 is 10.6 Å². The fraction of sp³-hybridized carbons (Fsp3) is 0.462. The number of aryl methyl sites for hydroxylation is 1. The van der Waals surface area contributed by atoms with E-state index in [0.29, 0.717) is 19.0 Å². The molecule has 0 spiro atoms. The molecule has 2 N–H and O–H groups in total. The van der Waals surface area contributed by atoms with Crippen molar-refractivity contribution in [3.05, 3.63) is 35.9 Å². The summed E-state index contributed by atoms with van der Waals surface area (Å²) in [5.41, 5.74) is 1.21. The van der Waals surface area contributed by atoms with Crippen molar-refractivity contribution in [3.8, 4) is 0 Å². The molecule has 0 aliphatic heterocycles. The smallest absolute Gasteiger partial charge is 0.220 e. The predicted octanol–water partition coefficient (Wildman–Crippen LogP) is 1.34. The monoisotopic (exact) mass is 220 g/mol. The van der Waals surface area contributed by atoms with Crippen LogP contribution >= 0.6 is 0 Å². The van der Waals surface area contributed by atoms with Crippen LogP contribution in [0.4, 0.5) is 0 Å². The number of likely N-dealkylation sites (N-methyl/N-ethyl adjacent to an activating group) is 1. The summed E-state index contributed by atoms with van der Waals surface area (Å²) in [6, 6.07) is 10.4. The Kier molecular flexibility index (Phi) is 5.57. The molecule has 1 aromatic rings. The van der Waals surface area contributed by atoms with Crippen LogP contribution in [0, 0.1) is 0 Å². The SMILES string of the molecule is CNC(C)CNC(=O)CCc1ccccc1. The van der Waals surface area contributed by atoms with Crippen LogP contribution in [0.15, 0.2) is 30.3 Å². The van der Waals surface area contributed by atoms with Crippen molar-refractivity contribution in [2.45, 2.75) is 25.8 Å². The molecular formula is C13H20N2O. The van der Waals surface area contributed by atoms with E-state index < -0.39 is 0 Å². The van der Waals surface area contributed by atoms with E-state index in [2.05, 4.69) is 10.6 Å². The fourth-order valence-corrected chi connectivity index (χ4v) is 1.36. The third-order valence-electron chi connectivity index (χ3n) is 2.58. The minimum absolute atomic E-state index is 0.117. The van der Waals surface area contributed by atoms with Crippen LogP contribution in [0.2, 0.25) is 0 Å². The highest BCUT2D eigenvalue weighted by Crippen LogP contribution is 2.01. The molecule has 0 fully saturated rings. The Bertz CT molecular complexity index is 311. The Hall–Kier alpha value is -1.35. The summed E-state index contributed by atoms with van der Waals surface area (Å²) in [6.45, 7) is 2.72. The minimum atomic E-state index is 0.117. The number of rotatable bonds is 6. The van der Waals surface area contributed by atoms with E-state index in [9.17, 15) is 4.79 Å². The van der Waals surface area contributed by atoms with Gasteiger partial charge in [0.2, 0.25) is 5.91 Å². The molecule has 0 saturated carbocycles. The van der Waals surface area contributed by atoms with Gasteiger partial charge < -0.3 is 10.6 Å². The van der Waals surface area contributed by atoms with Crippen molar-refractivity contribution in [1.82, 2.24) is 10.6 Å². The standard InChI is InChI=1S/C13H20N2O/c1-11(14-2)10-15-13(16)9-8-12-6-4-3-5-7-12/h3-7,11,14H,8-10H2,1-2H3,(H,15,16). The Morgan fingerprint density at radius 3 is 2.62 bits per heavy atom. The molecule has 0 aliphatic rings. The molecule has 3 nitrogen and oxygen atoms in total. The summed E-state index contributed by atoms with van der Waals surface area (Å²) >= 11 is 0. The number of nitrogens with one attached hydrogen (secondary N) is 2. The lowest BCUT2D eigenvalue weighted by Crippen LogP contribution is -2.37. The van der Waals surface area contributed by atoms with Gasteiger partial charge in [-0.05, 0) is 26.0 Å². The number of benzene rings is 1. The number of carbonyl (C=O) groups excluding carboxylic acids is 1. The number of carbonyl (C=O) groups is 1. The molecule has 1 rings (SSSR count). The summed E-state index contributed by atoms with van der Waals surface area (Å²) in [4.78, 5) is 11.5. The maximum atomic E-state index is 11.5. The van der Waals surface area contributed by atoms with Gasteiger partial charge in [0.1, 0.15) is 0 Å². The van der Waals surface area contributed by atoms with Crippen molar-refractivity contribution >= 4 is 5.91 Å². The van der Waals surface area contributed by atoms with Crippen LogP contribution in [-0.2, 0) is 11.2 Å². The third-order valence-corrected chi connectivity index (χ3v) is 2.58. The molecule has 0 aliphatic carbocycles. The lowest BCUT2D eigenvalue weighted by molar-refractivity contribution is -0.121. The summed E-state index contributed by atoms with van der Waals surface area (Å²) < 4.78 is 0. The molecule has 1 atom stereocenters. The van der Waals surface area contributed by atoms with Gasteiger partial charge in [0.25, 0.3) is 0 Å². The normalized spacial score (nSPS) is 12.1. The maximum absolute atomic E-state index is 11.5. The topological polar surface area (TPSA) is 41.1 Å². The summed E-state index contributed by atoms with van der Waals surface area (Å²) in [5.74, 6) is 0.117. The summed E-state index contributed by atoms with van der Waals surface area (Å²) in [7, 11) is 1.89. The zero-order valence-corrected chi connectivity index (χ0v) is 9.99. The first-order valence-electron chi connectivity index (χ1n) is 5.70. The van der Waals surface area contributed by atoms with Crippen LogP contribution in [-0.4, -0.2) is 25.5 Å². The average Bonchev–Trinajstić information content (AvgIpc) is 2.34. The van der Waals surface area contributed by atoms with Crippen molar-refractivity contribution in [3.63, 3.8) is 0 Å². The molecule has 88 valence electrons. The molecule has 3 heteroatoms. The first-order valence-corrected chi connectivity index (χ1v) is 5.70. The highest BCUT2D eigenvalue weighted by Gasteiger charge is 2.03. The highest BCUT2D eigenvalue weighted by atomic mass is 16.1. The van der Waals surface area contributed by atoms with Crippen molar-refractivity contribution in [1.29, 1.82) is 0 Å². The van der Waals surface area contributed by atoms with Crippen molar-refractivity contribution in [2.75, 3.05) is 13.6 Å². The first kappa shape index (κ1) is 12.7. The molecule has 1 unspecified atom stereocenters. The summed E-state index contributed by atoms with van der Waals surface area (Å²) in [6.07, 6.45) is 1.36. The van der Waals surface area contributed by atoms with Gasteiger partial charge in [-0.2, -0.15) is 0 Å². The zero-order valence-electron chi connectivity index (χ0n) is 9.99. The lowest BCUT2D eigenvalue weighted by Gasteiger charge is -2.11. The van der Waals surface area contributed by atoms with Crippen LogP contribution in [0.5, 0.6) is 0 Å². The van der Waals surface area contributed by atoms with E-state index in [0.717, 1.165) is 6.42 Å². The molecule has 0 saturated heterocycles. The zero-order chi connectivity index (χ0) is 11.8. The van der Waals surface area contributed by atoms with Crippen molar-refractivity contribution < 1.29 is 4.79 Å². The third kappa shape index (κ3) is 4.94. The van der Waals surface area contributed by atoms with Gasteiger partial charge in [-0.15, -0.1) is 0 Å². The largest absolute Gasteiger partial charge is 0.355 e. The molecule has 0 radical (unpaired) electrons. The quantitative estimate of drug-likeness (QED) is 0.759. The molecule has 0 bridgehead atoms. The fourth-order valence-electron chi connectivity index (χ4n) is 1.36. The second-order valence-corrected chi connectivity index (χ2v) is 3.98. The second-order valence-electron chi connectivity index (χ2n) is 3.98. The Morgan fingerprint density at radius 2 is 2.00 bits per heavy atom. The molecular weight excluding hydrogens is 200 g/mol. The minimum Gasteiger partial charge on any atom is -0.355 e. The van der Waals surface area contributed by atoms with E-state index in [4.69, 9.17) is 0 Å². The second kappa shape index (κ2) is 7.01. The summed E-state index contributed by atoms with van der Waals surface area (Å²) in [5, 5.41) is 5.98. The van der Waals surface area contributed by atoms with E-state index >= 15 is 0 Å². The molecule has 0 heterocycles. The van der Waals surface area contributed by atoms with Gasteiger partial charge >= 0.3 is 0 Å². The maximum Gasteiger partial charge on any atom is 0.220 e. The molecule has 16 heavy (non-hydrogen) atoms. The Morgan fingerprint density at radius 1 is 1.31 bits per heavy atom.